The van der Waals surface area contributed by atoms with Crippen molar-refractivity contribution in [1.29, 1.82) is 0 Å². The average molecular weight is 892 g/mol. The molecule has 334 valence electrons. The minimum atomic E-state index is -0.0795. The summed E-state index contributed by atoms with van der Waals surface area (Å²) in [6.45, 7) is 14.1. The highest BCUT2D eigenvalue weighted by Gasteiger charge is 2.46. The fraction of sp³-hybridized carbons (Fsp3) is 0.143. The van der Waals surface area contributed by atoms with Crippen LogP contribution in [0.2, 0.25) is 0 Å². The van der Waals surface area contributed by atoms with Crippen molar-refractivity contribution in [1.82, 2.24) is 0 Å². The van der Waals surface area contributed by atoms with Gasteiger partial charge in [-0.3, -0.25) is 0 Å². The lowest BCUT2D eigenvalue weighted by molar-refractivity contribution is 0.487. The lowest BCUT2D eigenvalue weighted by Gasteiger charge is -2.44. The van der Waals surface area contributed by atoms with Gasteiger partial charge in [-0.05, 0) is 147 Å². The number of rotatable bonds is 9. The van der Waals surface area contributed by atoms with Crippen LogP contribution in [-0.2, 0) is 0 Å². The summed E-state index contributed by atoms with van der Waals surface area (Å²) in [5.41, 5.74) is 22.2. The Bertz CT molecular complexity index is 3310. The van der Waals surface area contributed by atoms with E-state index in [9.17, 15) is 0 Å². The van der Waals surface area contributed by atoms with Gasteiger partial charge in [0.25, 0.3) is 6.71 Å². The first-order valence-corrected chi connectivity index (χ1v) is 24.7. The van der Waals surface area contributed by atoms with Crippen molar-refractivity contribution < 1.29 is 4.74 Å². The predicted octanol–water partition coefficient (Wildman–Crippen LogP) is 13.2. The number of benzene rings is 9. The van der Waals surface area contributed by atoms with Crippen LogP contribution in [0.1, 0.15) is 76.0 Å². The molecule has 0 unspecified atom stereocenters. The van der Waals surface area contributed by atoms with Gasteiger partial charge in [0.1, 0.15) is 11.5 Å². The minimum absolute atomic E-state index is 0.0428. The molecule has 0 bridgehead atoms. The molecule has 0 aliphatic carbocycles. The van der Waals surface area contributed by atoms with Crippen LogP contribution < -0.4 is 52.2 Å². The van der Waals surface area contributed by atoms with Crippen molar-refractivity contribution in [2.75, 3.05) is 14.7 Å². The molecule has 69 heavy (non-hydrogen) atoms. The molecule has 0 saturated carbocycles. The third-order valence-electron chi connectivity index (χ3n) is 14.6. The first kappa shape index (κ1) is 42.6. The lowest BCUT2D eigenvalue weighted by Crippen LogP contribution is -2.63. The van der Waals surface area contributed by atoms with Crippen LogP contribution in [0.5, 0.6) is 11.5 Å². The Kier molecular flexibility index (Phi) is 10.6. The second-order valence-corrected chi connectivity index (χ2v) is 19.8. The molecular weight excluding hydrogens is 836 g/mol. The molecule has 0 aromatic heterocycles. The van der Waals surface area contributed by atoms with Crippen LogP contribution in [0, 0.1) is 0 Å². The van der Waals surface area contributed by atoms with Crippen molar-refractivity contribution in [2.24, 2.45) is 0 Å². The normalized spacial score (nSPS) is 13.2. The molecule has 9 aromatic carbocycles. The van der Waals surface area contributed by atoms with E-state index >= 15 is 0 Å². The first-order chi connectivity index (χ1) is 33.7. The van der Waals surface area contributed by atoms with E-state index in [1.165, 1.54) is 66.5 Å². The van der Waals surface area contributed by atoms with Crippen molar-refractivity contribution in [3.63, 3.8) is 0 Å². The van der Waals surface area contributed by atoms with Crippen LogP contribution in [0.3, 0.4) is 0 Å². The van der Waals surface area contributed by atoms with Crippen molar-refractivity contribution in [2.45, 2.75) is 59.3 Å². The summed E-state index contributed by atoms with van der Waals surface area (Å²) >= 11 is 0. The number of anilines is 9. The fourth-order valence-electron chi connectivity index (χ4n) is 11.5. The van der Waals surface area contributed by atoms with E-state index in [2.05, 4.69) is 262 Å². The van der Waals surface area contributed by atoms with E-state index < -0.39 is 0 Å². The summed E-state index contributed by atoms with van der Waals surface area (Å²) in [6.07, 6.45) is 0. The molecule has 3 aliphatic heterocycles. The van der Waals surface area contributed by atoms with Gasteiger partial charge in [-0.15, -0.1) is 0 Å². The Morgan fingerprint density at radius 1 is 0.362 bits per heavy atom. The summed E-state index contributed by atoms with van der Waals surface area (Å²) in [6, 6.07) is 76.2. The van der Waals surface area contributed by atoms with Crippen LogP contribution >= 0.6 is 0 Å². The molecule has 6 heteroatoms. The van der Waals surface area contributed by atoms with Gasteiger partial charge in [0, 0.05) is 51.2 Å². The predicted molar refractivity (Wildman–Crippen MR) is 295 cm³/mol. The fourth-order valence-corrected chi connectivity index (χ4v) is 11.5. The molecule has 0 fully saturated rings. The zero-order valence-corrected chi connectivity index (χ0v) is 40.3. The molecule has 0 saturated heterocycles. The monoisotopic (exact) mass is 891 g/mol. The molecule has 0 spiro atoms. The Morgan fingerprint density at radius 2 is 0.855 bits per heavy atom. The van der Waals surface area contributed by atoms with Crippen molar-refractivity contribution >= 4 is 97.4 Å². The third kappa shape index (κ3) is 7.07. The largest absolute Gasteiger partial charge is 0.458 e. The molecule has 0 radical (unpaired) electrons. The van der Waals surface area contributed by atoms with E-state index in [1.807, 2.05) is 0 Å². The summed E-state index contributed by atoms with van der Waals surface area (Å²) < 4.78 is 6.82. The van der Waals surface area contributed by atoms with E-state index in [0.717, 1.165) is 45.6 Å². The van der Waals surface area contributed by atoms with Gasteiger partial charge in [0.2, 0.25) is 6.71 Å². The number of ether oxygens (including phenoxy) is 1. The zero-order chi connectivity index (χ0) is 46.9. The number of hydrogen-bond acceptors (Lipinski definition) is 4. The van der Waals surface area contributed by atoms with Crippen LogP contribution in [0.15, 0.2) is 206 Å². The summed E-state index contributed by atoms with van der Waals surface area (Å²) in [5, 5.41) is 0. The molecule has 9 aromatic rings. The van der Waals surface area contributed by atoms with Crippen LogP contribution in [0.25, 0.3) is 0 Å². The summed E-state index contributed by atoms with van der Waals surface area (Å²) in [4.78, 5) is 7.43. The second-order valence-electron chi connectivity index (χ2n) is 19.8. The van der Waals surface area contributed by atoms with Gasteiger partial charge in [-0.2, -0.15) is 0 Å². The molecule has 4 nitrogen and oxygen atoms in total. The van der Waals surface area contributed by atoms with Gasteiger partial charge < -0.3 is 19.4 Å². The number of nitrogens with zero attached hydrogens (tertiary/aromatic N) is 3. The Labute approximate surface area is 408 Å². The van der Waals surface area contributed by atoms with Gasteiger partial charge >= 0.3 is 0 Å². The zero-order valence-electron chi connectivity index (χ0n) is 40.3. The van der Waals surface area contributed by atoms with Crippen molar-refractivity contribution in [3.8, 4) is 11.5 Å². The van der Waals surface area contributed by atoms with E-state index in [4.69, 9.17) is 4.74 Å². The number of hydrogen-bond donors (Lipinski definition) is 0. The highest BCUT2D eigenvalue weighted by Crippen LogP contribution is 2.46. The van der Waals surface area contributed by atoms with Gasteiger partial charge in [0.05, 0.1) is 0 Å². The highest BCUT2D eigenvalue weighted by molar-refractivity contribution is 7.01. The third-order valence-corrected chi connectivity index (χ3v) is 14.6. The smallest absolute Gasteiger partial charge is 0.256 e. The molecule has 12 rings (SSSR count). The SMILES string of the molecule is CC(C)c1cc(C(C)C)c(B2c3ccc(N(c4ccccc4)c4ccccc4)cc3N(c3ccccc3)c3cc4c(cc32)B2c3ccccc3Oc3cccc(c32)N4c2ccccc2)c(C(C)C)c1. The molecular formula is C63H55B2N3O. The highest BCUT2D eigenvalue weighted by atomic mass is 16.5. The summed E-state index contributed by atoms with van der Waals surface area (Å²) in [5.74, 6) is 2.82. The van der Waals surface area contributed by atoms with Gasteiger partial charge in [0.15, 0.2) is 0 Å². The summed E-state index contributed by atoms with van der Waals surface area (Å²) in [7, 11) is 0. The minimum Gasteiger partial charge on any atom is -0.458 e. The maximum atomic E-state index is 6.82. The van der Waals surface area contributed by atoms with Crippen molar-refractivity contribution in [3.05, 3.63) is 223 Å². The Morgan fingerprint density at radius 3 is 1.42 bits per heavy atom. The molecule has 0 amide bonds. The van der Waals surface area contributed by atoms with E-state index in [-0.39, 0.29) is 13.4 Å². The van der Waals surface area contributed by atoms with E-state index in [0.29, 0.717) is 17.8 Å². The molecule has 3 aliphatic rings. The average Bonchev–Trinajstić information content (AvgIpc) is 3.38. The molecule has 0 atom stereocenters. The molecule has 3 heterocycles. The van der Waals surface area contributed by atoms with Crippen LogP contribution in [0.4, 0.5) is 51.2 Å². The van der Waals surface area contributed by atoms with Crippen LogP contribution in [-0.4, -0.2) is 13.4 Å². The van der Waals surface area contributed by atoms with E-state index in [1.54, 1.807) is 0 Å². The molecule has 0 N–H and O–H groups in total. The first-order valence-electron chi connectivity index (χ1n) is 24.7. The maximum Gasteiger partial charge on any atom is 0.256 e. The number of fused-ring (bicyclic) bond motifs is 6. The Balaban J connectivity index is 1.22. The standard InChI is InChI=1S/C63H55B2N3O/c1-41(2)44-36-50(42(3)4)62(51(37-44)43(5)6)64-52-35-34-49(66(45-22-11-7-12-23-45)46-24-13-8-14-25-46)38-57(52)68(48-28-17-10-18-29-48)59-40-58-55(39-54(59)64)65-53-30-19-20-32-60(53)69-61-33-21-31-56(63(61)65)67(58)47-26-15-9-16-27-47/h7-43H,1-6H3. The second kappa shape index (κ2) is 17.1. The van der Waals surface area contributed by atoms with Gasteiger partial charge in [-0.1, -0.05) is 168 Å². The number of para-hydroxylation sites is 5. The maximum absolute atomic E-state index is 6.82. The van der Waals surface area contributed by atoms with Gasteiger partial charge in [-0.25, -0.2) is 0 Å². The Hall–Kier alpha value is -7.69. The lowest BCUT2D eigenvalue weighted by atomic mass is 9.30. The quantitative estimate of drug-likeness (QED) is 0.134. The topological polar surface area (TPSA) is 19.0 Å².